The molecule has 0 fully saturated rings. The monoisotopic (exact) mass is 193 g/mol. The van der Waals surface area contributed by atoms with E-state index in [-0.39, 0.29) is 0 Å². The normalized spacial score (nSPS) is 12.7. The maximum absolute atomic E-state index is 5.65. The topological polar surface area (TPSA) is 50.9 Å². The van der Waals surface area contributed by atoms with Gasteiger partial charge in [0.15, 0.2) is 0 Å². The van der Waals surface area contributed by atoms with Crippen LogP contribution in [-0.4, -0.2) is 17.6 Å². The Labute approximate surface area is 85.7 Å². The molecule has 3 heteroatoms. The molecular formula is C11H19N3. The fourth-order valence-electron chi connectivity index (χ4n) is 1.27. The van der Waals surface area contributed by atoms with Crippen LogP contribution in [0, 0.1) is 0 Å². The summed E-state index contributed by atoms with van der Waals surface area (Å²) in [4.78, 5) is 4.22. The van der Waals surface area contributed by atoms with E-state index < -0.39 is 0 Å². The van der Waals surface area contributed by atoms with E-state index in [9.17, 15) is 0 Å². The second-order valence-electron chi connectivity index (χ2n) is 3.62. The zero-order chi connectivity index (χ0) is 10.2. The average Bonchev–Trinajstić information content (AvgIpc) is 2.18. The smallest absolute Gasteiger partial charge is 0.0541 e. The molecule has 14 heavy (non-hydrogen) atoms. The number of nitrogens with two attached hydrogens (primary N) is 1. The minimum absolute atomic E-state index is 0.312. The summed E-state index contributed by atoms with van der Waals surface area (Å²) in [6.07, 6.45) is 4.03. The molecule has 3 N–H and O–H groups in total. The molecule has 1 rings (SSSR count). The number of rotatable bonds is 6. The molecule has 0 spiro atoms. The van der Waals surface area contributed by atoms with Gasteiger partial charge < -0.3 is 11.1 Å². The van der Waals surface area contributed by atoms with Gasteiger partial charge in [0.25, 0.3) is 0 Å². The summed E-state index contributed by atoms with van der Waals surface area (Å²) in [6.45, 7) is 3.90. The molecule has 1 atom stereocenters. The Hall–Kier alpha value is -0.930. The van der Waals surface area contributed by atoms with Crippen molar-refractivity contribution in [1.82, 2.24) is 10.3 Å². The van der Waals surface area contributed by atoms with Crippen LogP contribution in [0.15, 0.2) is 24.4 Å². The fourth-order valence-corrected chi connectivity index (χ4v) is 1.27. The maximum Gasteiger partial charge on any atom is 0.0541 e. The average molecular weight is 193 g/mol. The van der Waals surface area contributed by atoms with Crippen LogP contribution >= 0.6 is 0 Å². The van der Waals surface area contributed by atoms with Gasteiger partial charge in [-0.1, -0.05) is 6.07 Å². The first-order valence-electron chi connectivity index (χ1n) is 5.15. The van der Waals surface area contributed by atoms with Gasteiger partial charge in [-0.25, -0.2) is 0 Å². The van der Waals surface area contributed by atoms with Crippen LogP contribution in [0.5, 0.6) is 0 Å². The molecule has 0 aliphatic heterocycles. The van der Waals surface area contributed by atoms with Crippen molar-refractivity contribution in [1.29, 1.82) is 0 Å². The number of nitrogens with zero attached hydrogens (tertiary/aromatic N) is 1. The SMILES string of the molecule is CC(N)CCCNCc1ccccn1. The molecule has 0 aliphatic carbocycles. The van der Waals surface area contributed by atoms with Gasteiger partial charge in [-0.05, 0) is 38.4 Å². The Morgan fingerprint density at radius 3 is 3.00 bits per heavy atom. The highest BCUT2D eigenvalue weighted by Gasteiger charge is 1.94. The Kier molecular flexibility index (Phi) is 5.19. The highest BCUT2D eigenvalue weighted by atomic mass is 14.9. The van der Waals surface area contributed by atoms with E-state index in [4.69, 9.17) is 5.73 Å². The Balaban J connectivity index is 2.05. The van der Waals surface area contributed by atoms with Crippen molar-refractivity contribution in [2.75, 3.05) is 6.54 Å². The third-order valence-corrected chi connectivity index (χ3v) is 2.05. The number of aromatic nitrogens is 1. The maximum atomic E-state index is 5.65. The first kappa shape index (κ1) is 11.1. The quantitative estimate of drug-likeness (QED) is 0.669. The van der Waals surface area contributed by atoms with E-state index >= 15 is 0 Å². The molecule has 78 valence electrons. The highest BCUT2D eigenvalue weighted by molar-refractivity contribution is 5.02. The fraction of sp³-hybridized carbons (Fsp3) is 0.545. The van der Waals surface area contributed by atoms with E-state index in [1.54, 1.807) is 0 Å². The first-order valence-corrected chi connectivity index (χ1v) is 5.15. The molecule has 3 nitrogen and oxygen atoms in total. The Morgan fingerprint density at radius 1 is 1.50 bits per heavy atom. The Bertz CT molecular complexity index is 234. The lowest BCUT2D eigenvalue weighted by Crippen LogP contribution is -2.20. The number of hydrogen-bond donors (Lipinski definition) is 2. The molecule has 0 amide bonds. The van der Waals surface area contributed by atoms with Gasteiger partial charge in [-0.3, -0.25) is 4.98 Å². The summed E-state index contributed by atoms with van der Waals surface area (Å²) in [6, 6.07) is 6.27. The van der Waals surface area contributed by atoms with Gasteiger partial charge in [0.1, 0.15) is 0 Å². The summed E-state index contributed by atoms with van der Waals surface area (Å²) in [7, 11) is 0. The summed E-state index contributed by atoms with van der Waals surface area (Å²) >= 11 is 0. The predicted molar refractivity (Wildman–Crippen MR) is 58.8 cm³/mol. The van der Waals surface area contributed by atoms with E-state index in [0.717, 1.165) is 31.6 Å². The largest absolute Gasteiger partial charge is 0.328 e. The number of pyridine rings is 1. The molecule has 0 aliphatic rings. The van der Waals surface area contributed by atoms with Gasteiger partial charge in [0.05, 0.1) is 5.69 Å². The molecule has 1 aromatic rings. The molecule has 0 radical (unpaired) electrons. The van der Waals surface area contributed by atoms with Gasteiger partial charge >= 0.3 is 0 Å². The lowest BCUT2D eigenvalue weighted by molar-refractivity contribution is 0.571. The van der Waals surface area contributed by atoms with E-state index in [1.807, 2.05) is 31.3 Å². The Morgan fingerprint density at radius 2 is 2.36 bits per heavy atom. The molecular weight excluding hydrogens is 174 g/mol. The summed E-state index contributed by atoms with van der Waals surface area (Å²) < 4.78 is 0. The lowest BCUT2D eigenvalue weighted by atomic mass is 10.2. The standard InChI is InChI=1S/C11H19N3/c1-10(12)5-4-7-13-9-11-6-2-3-8-14-11/h2-3,6,8,10,13H,4-5,7,9,12H2,1H3. The van der Waals surface area contributed by atoms with Crippen LogP contribution in [0.4, 0.5) is 0 Å². The van der Waals surface area contributed by atoms with Crippen molar-refractivity contribution in [3.8, 4) is 0 Å². The second-order valence-corrected chi connectivity index (χ2v) is 3.62. The minimum atomic E-state index is 0.312. The van der Waals surface area contributed by atoms with Crippen molar-refractivity contribution in [3.63, 3.8) is 0 Å². The molecule has 0 aromatic carbocycles. The van der Waals surface area contributed by atoms with Crippen molar-refractivity contribution >= 4 is 0 Å². The predicted octanol–water partition coefficient (Wildman–Crippen LogP) is 1.30. The van der Waals surface area contributed by atoms with Crippen LogP contribution in [-0.2, 0) is 6.54 Å². The molecule has 1 aromatic heterocycles. The molecule has 0 saturated heterocycles. The van der Waals surface area contributed by atoms with Crippen LogP contribution in [0.1, 0.15) is 25.5 Å². The minimum Gasteiger partial charge on any atom is -0.328 e. The molecule has 1 heterocycles. The zero-order valence-corrected chi connectivity index (χ0v) is 8.74. The summed E-state index contributed by atoms with van der Waals surface area (Å²) in [5, 5.41) is 3.34. The van der Waals surface area contributed by atoms with Crippen LogP contribution in [0.3, 0.4) is 0 Å². The van der Waals surface area contributed by atoms with E-state index in [1.165, 1.54) is 0 Å². The van der Waals surface area contributed by atoms with Crippen molar-refractivity contribution in [2.45, 2.75) is 32.4 Å². The van der Waals surface area contributed by atoms with E-state index in [2.05, 4.69) is 10.3 Å². The van der Waals surface area contributed by atoms with Gasteiger partial charge in [-0.15, -0.1) is 0 Å². The number of hydrogen-bond acceptors (Lipinski definition) is 3. The lowest BCUT2D eigenvalue weighted by Gasteiger charge is -2.05. The zero-order valence-electron chi connectivity index (χ0n) is 8.74. The molecule has 0 saturated carbocycles. The first-order chi connectivity index (χ1) is 6.79. The van der Waals surface area contributed by atoms with E-state index in [0.29, 0.717) is 6.04 Å². The van der Waals surface area contributed by atoms with Crippen LogP contribution in [0.2, 0.25) is 0 Å². The van der Waals surface area contributed by atoms with Gasteiger partial charge in [0, 0.05) is 18.8 Å². The second kappa shape index (κ2) is 6.51. The third-order valence-electron chi connectivity index (χ3n) is 2.05. The van der Waals surface area contributed by atoms with Crippen molar-refractivity contribution in [3.05, 3.63) is 30.1 Å². The summed E-state index contributed by atoms with van der Waals surface area (Å²) in [5.74, 6) is 0. The van der Waals surface area contributed by atoms with Crippen molar-refractivity contribution in [2.24, 2.45) is 5.73 Å². The van der Waals surface area contributed by atoms with Gasteiger partial charge in [0.2, 0.25) is 0 Å². The third kappa shape index (κ3) is 4.94. The molecule has 1 unspecified atom stereocenters. The van der Waals surface area contributed by atoms with Gasteiger partial charge in [-0.2, -0.15) is 0 Å². The molecule has 0 bridgehead atoms. The highest BCUT2D eigenvalue weighted by Crippen LogP contribution is 1.94. The van der Waals surface area contributed by atoms with Crippen LogP contribution in [0.25, 0.3) is 0 Å². The van der Waals surface area contributed by atoms with Crippen molar-refractivity contribution < 1.29 is 0 Å². The number of nitrogens with one attached hydrogen (secondary N) is 1. The summed E-state index contributed by atoms with van der Waals surface area (Å²) in [5.41, 5.74) is 6.74. The van der Waals surface area contributed by atoms with Crippen LogP contribution < -0.4 is 11.1 Å².